The van der Waals surface area contributed by atoms with Crippen LogP contribution in [0.25, 0.3) is 11.4 Å². The van der Waals surface area contributed by atoms with Gasteiger partial charge in [0.15, 0.2) is 0 Å². The molecule has 1 aromatic heterocycles. The Balaban J connectivity index is 1.65. The average molecular weight is 458 g/mol. The summed E-state index contributed by atoms with van der Waals surface area (Å²) in [5, 5.41) is 32.3. The van der Waals surface area contributed by atoms with Gasteiger partial charge in [-0.1, -0.05) is 65.8 Å². The first-order chi connectivity index (χ1) is 16.5. The SMILES string of the molecule is O=[N+]([O-])/C(=N\N(Cc1ccccc1)Cc1ccccc1)c1nc(-c2ccc([N+](=O)[O-])cc2)no1. The van der Waals surface area contributed by atoms with Gasteiger partial charge >= 0.3 is 11.7 Å². The Morgan fingerprint density at radius 1 is 0.853 bits per heavy atom. The Bertz CT molecular complexity index is 1270. The fraction of sp³-hybridized carbons (Fsp3) is 0.0870. The maximum absolute atomic E-state index is 11.9. The highest BCUT2D eigenvalue weighted by molar-refractivity contribution is 5.87. The molecule has 11 heteroatoms. The van der Waals surface area contributed by atoms with Crippen LogP contribution in [0.2, 0.25) is 0 Å². The Labute approximate surface area is 193 Å². The van der Waals surface area contributed by atoms with E-state index in [4.69, 9.17) is 4.52 Å². The molecule has 0 saturated carbocycles. The van der Waals surface area contributed by atoms with Gasteiger partial charge in [-0.3, -0.25) is 10.1 Å². The number of amidine groups is 1. The Kier molecular flexibility index (Phi) is 6.63. The molecule has 0 amide bonds. The van der Waals surface area contributed by atoms with E-state index >= 15 is 0 Å². The molecule has 1 heterocycles. The van der Waals surface area contributed by atoms with Crippen molar-refractivity contribution in [3.63, 3.8) is 0 Å². The minimum absolute atomic E-state index is 0.0529. The molecule has 4 aromatic rings. The molecule has 4 rings (SSSR count). The van der Waals surface area contributed by atoms with Crippen molar-refractivity contribution >= 4 is 11.5 Å². The summed E-state index contributed by atoms with van der Waals surface area (Å²) in [7, 11) is 0. The normalized spacial score (nSPS) is 11.2. The average Bonchev–Trinajstić information content (AvgIpc) is 3.33. The summed E-state index contributed by atoms with van der Waals surface area (Å²) < 4.78 is 5.13. The van der Waals surface area contributed by atoms with Gasteiger partial charge in [0.25, 0.3) is 5.69 Å². The third-order valence-electron chi connectivity index (χ3n) is 4.78. The second kappa shape index (κ2) is 10.1. The highest BCUT2D eigenvalue weighted by Crippen LogP contribution is 2.20. The summed E-state index contributed by atoms with van der Waals surface area (Å²) in [6.45, 7) is 0.632. The van der Waals surface area contributed by atoms with Crippen LogP contribution in [-0.2, 0) is 13.1 Å². The van der Waals surface area contributed by atoms with Crippen molar-refractivity contribution in [2.24, 2.45) is 5.10 Å². The van der Waals surface area contributed by atoms with Crippen molar-refractivity contribution in [3.8, 4) is 11.4 Å². The summed E-state index contributed by atoms with van der Waals surface area (Å²) in [6.07, 6.45) is 0. The molecule has 0 aliphatic carbocycles. The highest BCUT2D eigenvalue weighted by Gasteiger charge is 2.28. The van der Waals surface area contributed by atoms with Gasteiger partial charge in [0.2, 0.25) is 5.82 Å². The smallest absolute Gasteiger partial charge is 0.358 e. The van der Waals surface area contributed by atoms with E-state index in [2.05, 4.69) is 15.2 Å². The molecule has 0 unspecified atom stereocenters. The van der Waals surface area contributed by atoms with Gasteiger partial charge in [-0.05, 0) is 28.2 Å². The number of hydrogen-bond acceptors (Lipinski definition) is 9. The summed E-state index contributed by atoms with van der Waals surface area (Å²) >= 11 is 0. The van der Waals surface area contributed by atoms with Crippen LogP contribution in [-0.4, -0.2) is 30.8 Å². The predicted molar refractivity (Wildman–Crippen MR) is 122 cm³/mol. The zero-order valence-electron chi connectivity index (χ0n) is 17.7. The Morgan fingerprint density at radius 3 is 1.91 bits per heavy atom. The summed E-state index contributed by atoms with van der Waals surface area (Å²) in [5.41, 5.74) is 2.15. The van der Waals surface area contributed by atoms with E-state index in [-0.39, 0.29) is 17.4 Å². The van der Waals surface area contributed by atoms with Gasteiger partial charge in [-0.25, -0.2) is 0 Å². The Morgan fingerprint density at radius 2 is 1.41 bits per heavy atom. The first-order valence-corrected chi connectivity index (χ1v) is 10.1. The number of hydrazone groups is 1. The minimum Gasteiger partial charge on any atom is -0.358 e. The molecule has 0 saturated heterocycles. The first-order valence-electron chi connectivity index (χ1n) is 10.1. The van der Waals surface area contributed by atoms with E-state index in [1.165, 1.54) is 24.3 Å². The number of nitro groups is 2. The van der Waals surface area contributed by atoms with Crippen LogP contribution >= 0.6 is 0 Å². The topological polar surface area (TPSA) is 141 Å². The maximum atomic E-state index is 11.9. The molecule has 0 bridgehead atoms. The molecule has 11 nitrogen and oxygen atoms in total. The maximum Gasteiger partial charge on any atom is 0.453 e. The van der Waals surface area contributed by atoms with Crippen LogP contribution in [0.1, 0.15) is 17.0 Å². The highest BCUT2D eigenvalue weighted by atomic mass is 16.6. The molecule has 0 spiro atoms. The predicted octanol–water partition coefficient (Wildman–Crippen LogP) is 4.29. The molecule has 0 radical (unpaired) electrons. The summed E-state index contributed by atoms with van der Waals surface area (Å²) in [6, 6.07) is 24.3. The molecule has 0 N–H and O–H groups in total. The number of non-ortho nitro benzene ring substituents is 1. The number of rotatable bonds is 8. The first kappa shape index (κ1) is 22.3. The lowest BCUT2D eigenvalue weighted by atomic mass is 10.2. The number of nitrogens with zero attached hydrogens (tertiary/aromatic N) is 6. The molecular weight excluding hydrogens is 440 g/mol. The van der Waals surface area contributed by atoms with Gasteiger partial charge in [-0.2, -0.15) is 9.99 Å². The zero-order chi connectivity index (χ0) is 23.9. The van der Waals surface area contributed by atoms with Crippen molar-refractivity contribution < 1.29 is 14.4 Å². The van der Waals surface area contributed by atoms with Gasteiger partial charge < -0.3 is 14.6 Å². The largest absolute Gasteiger partial charge is 0.453 e. The second-order valence-corrected chi connectivity index (χ2v) is 7.20. The summed E-state index contributed by atoms with van der Waals surface area (Å²) in [4.78, 5) is 25.6. The van der Waals surface area contributed by atoms with E-state index in [1.54, 1.807) is 5.01 Å². The van der Waals surface area contributed by atoms with Crippen LogP contribution in [0.4, 0.5) is 5.69 Å². The van der Waals surface area contributed by atoms with Gasteiger partial charge in [0.05, 0.1) is 23.1 Å². The molecule has 0 aliphatic rings. The lowest BCUT2D eigenvalue weighted by Gasteiger charge is -2.14. The van der Waals surface area contributed by atoms with Crippen molar-refractivity contribution in [3.05, 3.63) is 122 Å². The number of aromatic nitrogens is 2. The van der Waals surface area contributed by atoms with Crippen LogP contribution in [0.5, 0.6) is 0 Å². The molecule has 3 aromatic carbocycles. The third-order valence-corrected chi connectivity index (χ3v) is 4.78. The number of benzene rings is 3. The molecule has 0 aliphatic heterocycles. The van der Waals surface area contributed by atoms with Crippen molar-refractivity contribution in [2.45, 2.75) is 13.1 Å². The second-order valence-electron chi connectivity index (χ2n) is 7.20. The lowest BCUT2D eigenvalue weighted by Crippen LogP contribution is -2.23. The van der Waals surface area contributed by atoms with Gasteiger partial charge in [0.1, 0.15) is 0 Å². The number of hydrogen-bond donors (Lipinski definition) is 0. The van der Waals surface area contributed by atoms with Crippen LogP contribution < -0.4 is 0 Å². The molecule has 0 fully saturated rings. The van der Waals surface area contributed by atoms with E-state index < -0.39 is 15.7 Å². The molecule has 170 valence electrons. The Hall–Kier alpha value is -4.93. The monoisotopic (exact) mass is 458 g/mol. The fourth-order valence-corrected chi connectivity index (χ4v) is 3.17. The molecular formula is C23H18N6O5. The van der Waals surface area contributed by atoms with Crippen molar-refractivity contribution in [1.29, 1.82) is 0 Å². The van der Waals surface area contributed by atoms with Crippen LogP contribution in [0, 0.1) is 20.2 Å². The van der Waals surface area contributed by atoms with Crippen LogP contribution in [0.15, 0.2) is 94.6 Å². The minimum atomic E-state index is -0.684. The van der Waals surface area contributed by atoms with Crippen molar-refractivity contribution in [1.82, 2.24) is 15.1 Å². The number of nitro benzene ring substituents is 1. The quantitative estimate of drug-likeness (QED) is 0.165. The van der Waals surface area contributed by atoms with E-state index in [1.807, 2.05) is 60.7 Å². The standard InChI is InChI=1S/C23H18N6O5/c30-28(31)20-13-11-19(12-14-20)21-24-23(34-26-21)22(29(32)33)25-27(15-17-7-3-1-4-8-17)16-18-9-5-2-6-10-18/h1-14H,15-16H2/b25-22-. The molecule has 34 heavy (non-hydrogen) atoms. The van der Waals surface area contributed by atoms with Gasteiger partial charge in [-0.15, -0.1) is 0 Å². The zero-order valence-corrected chi connectivity index (χ0v) is 17.7. The van der Waals surface area contributed by atoms with E-state index in [9.17, 15) is 20.2 Å². The van der Waals surface area contributed by atoms with E-state index in [0.717, 1.165) is 11.1 Å². The lowest BCUT2D eigenvalue weighted by molar-refractivity contribution is -0.384. The van der Waals surface area contributed by atoms with Crippen LogP contribution in [0.3, 0.4) is 0 Å². The van der Waals surface area contributed by atoms with E-state index in [0.29, 0.717) is 18.7 Å². The molecule has 0 atom stereocenters. The summed E-state index contributed by atoms with van der Waals surface area (Å²) in [5.74, 6) is -0.922. The van der Waals surface area contributed by atoms with Gasteiger partial charge in [0, 0.05) is 17.7 Å². The fourth-order valence-electron chi connectivity index (χ4n) is 3.17. The third kappa shape index (κ3) is 5.46. The van der Waals surface area contributed by atoms with Crippen molar-refractivity contribution in [2.75, 3.05) is 0 Å².